The smallest absolute Gasteiger partial charge is 0.167 e. The molecule has 15 heavy (non-hydrogen) atoms. The van der Waals surface area contributed by atoms with Crippen LogP contribution in [0.1, 0.15) is 4.88 Å². The van der Waals surface area contributed by atoms with Crippen molar-refractivity contribution in [2.24, 2.45) is 5.73 Å². The van der Waals surface area contributed by atoms with Crippen molar-refractivity contribution in [3.05, 3.63) is 46.8 Å². The maximum atomic E-state index is 13.4. The van der Waals surface area contributed by atoms with Gasteiger partial charge in [-0.2, -0.15) is 0 Å². The lowest BCUT2D eigenvalue weighted by Gasteiger charge is -2.00. The van der Waals surface area contributed by atoms with Crippen molar-refractivity contribution < 1.29 is 8.78 Å². The average Bonchev–Trinajstić information content (AvgIpc) is 2.70. The third kappa shape index (κ3) is 1.91. The first kappa shape index (κ1) is 10.3. The maximum Gasteiger partial charge on any atom is 0.167 e. The second-order valence-corrected chi connectivity index (χ2v) is 4.24. The van der Waals surface area contributed by atoms with Crippen molar-refractivity contribution >= 4 is 11.3 Å². The zero-order chi connectivity index (χ0) is 10.8. The maximum absolute atomic E-state index is 13.4. The van der Waals surface area contributed by atoms with Gasteiger partial charge in [-0.15, -0.1) is 11.3 Å². The Morgan fingerprint density at radius 2 is 1.93 bits per heavy atom. The number of rotatable bonds is 2. The minimum Gasteiger partial charge on any atom is -0.326 e. The second-order valence-electron chi connectivity index (χ2n) is 3.07. The largest absolute Gasteiger partial charge is 0.326 e. The Balaban J connectivity index is 2.49. The van der Waals surface area contributed by atoms with Crippen molar-refractivity contribution in [3.8, 4) is 10.4 Å². The van der Waals surface area contributed by atoms with Crippen LogP contribution in [-0.2, 0) is 6.54 Å². The molecule has 0 saturated heterocycles. The summed E-state index contributed by atoms with van der Waals surface area (Å²) in [7, 11) is 0. The number of benzene rings is 1. The third-order valence-corrected chi connectivity index (χ3v) is 3.22. The monoisotopic (exact) mass is 225 g/mol. The Hall–Kier alpha value is -1.26. The van der Waals surface area contributed by atoms with Crippen LogP contribution < -0.4 is 5.73 Å². The second kappa shape index (κ2) is 4.08. The van der Waals surface area contributed by atoms with E-state index in [9.17, 15) is 8.78 Å². The molecule has 1 heterocycles. The van der Waals surface area contributed by atoms with Gasteiger partial charge in [0.15, 0.2) is 11.6 Å². The van der Waals surface area contributed by atoms with Gasteiger partial charge in [0.05, 0.1) is 0 Å². The van der Waals surface area contributed by atoms with E-state index in [1.54, 1.807) is 12.1 Å². The SMILES string of the molecule is NCc1ccc(-c2cccc(F)c2F)s1. The Bertz CT molecular complexity index is 479. The summed E-state index contributed by atoms with van der Waals surface area (Å²) in [6, 6.07) is 7.74. The average molecular weight is 225 g/mol. The van der Waals surface area contributed by atoms with E-state index in [1.807, 2.05) is 6.07 Å². The van der Waals surface area contributed by atoms with E-state index in [4.69, 9.17) is 5.73 Å². The van der Waals surface area contributed by atoms with E-state index < -0.39 is 11.6 Å². The standard InChI is InChI=1S/C11H9F2NS/c12-9-3-1-2-8(11(9)13)10-5-4-7(6-14)15-10/h1-5H,6,14H2. The molecule has 0 radical (unpaired) electrons. The van der Waals surface area contributed by atoms with Crippen LogP contribution in [0.2, 0.25) is 0 Å². The fraction of sp³-hybridized carbons (Fsp3) is 0.0909. The molecule has 0 aliphatic heterocycles. The number of hydrogen-bond donors (Lipinski definition) is 1. The molecular formula is C11H9F2NS. The van der Waals surface area contributed by atoms with E-state index in [0.29, 0.717) is 17.0 Å². The van der Waals surface area contributed by atoms with E-state index in [2.05, 4.69) is 0 Å². The van der Waals surface area contributed by atoms with Crippen molar-refractivity contribution in [1.29, 1.82) is 0 Å². The van der Waals surface area contributed by atoms with Crippen molar-refractivity contribution in [2.75, 3.05) is 0 Å². The van der Waals surface area contributed by atoms with Gasteiger partial charge in [0, 0.05) is 21.9 Å². The minimum absolute atomic E-state index is 0.291. The van der Waals surface area contributed by atoms with Gasteiger partial charge in [-0.1, -0.05) is 12.1 Å². The summed E-state index contributed by atoms with van der Waals surface area (Å²) in [6.45, 7) is 0.418. The van der Waals surface area contributed by atoms with Crippen LogP contribution in [0.15, 0.2) is 30.3 Å². The summed E-state index contributed by atoms with van der Waals surface area (Å²) in [5.41, 5.74) is 5.74. The molecular weight excluding hydrogens is 216 g/mol. The van der Waals surface area contributed by atoms with Crippen LogP contribution >= 0.6 is 11.3 Å². The highest BCUT2D eigenvalue weighted by molar-refractivity contribution is 7.15. The van der Waals surface area contributed by atoms with E-state index >= 15 is 0 Å². The third-order valence-electron chi connectivity index (χ3n) is 2.08. The molecule has 0 amide bonds. The summed E-state index contributed by atoms with van der Waals surface area (Å²) < 4.78 is 26.4. The van der Waals surface area contributed by atoms with E-state index in [-0.39, 0.29) is 0 Å². The van der Waals surface area contributed by atoms with Crippen LogP contribution in [-0.4, -0.2) is 0 Å². The zero-order valence-electron chi connectivity index (χ0n) is 7.84. The fourth-order valence-corrected chi connectivity index (χ4v) is 2.23. The molecule has 2 aromatic rings. The number of hydrogen-bond acceptors (Lipinski definition) is 2. The highest BCUT2D eigenvalue weighted by Gasteiger charge is 2.11. The summed E-state index contributed by atoms with van der Waals surface area (Å²) >= 11 is 1.38. The van der Waals surface area contributed by atoms with Crippen LogP contribution in [0.5, 0.6) is 0 Å². The van der Waals surface area contributed by atoms with Gasteiger partial charge in [0.1, 0.15) is 0 Å². The predicted octanol–water partition coefficient (Wildman–Crippen LogP) is 3.15. The number of thiophene rings is 1. The molecule has 0 aliphatic rings. The summed E-state index contributed by atoms with van der Waals surface area (Å²) in [6.07, 6.45) is 0. The molecule has 2 rings (SSSR count). The Kier molecular flexibility index (Phi) is 2.79. The molecule has 0 fully saturated rings. The van der Waals surface area contributed by atoms with Gasteiger partial charge < -0.3 is 5.73 Å². The van der Waals surface area contributed by atoms with Gasteiger partial charge in [0.2, 0.25) is 0 Å². The van der Waals surface area contributed by atoms with Crippen molar-refractivity contribution in [3.63, 3.8) is 0 Å². The summed E-state index contributed by atoms with van der Waals surface area (Å²) in [5, 5.41) is 0. The van der Waals surface area contributed by atoms with Crippen LogP contribution in [0.3, 0.4) is 0 Å². The molecule has 0 bridgehead atoms. The van der Waals surface area contributed by atoms with Crippen molar-refractivity contribution in [2.45, 2.75) is 6.54 Å². The molecule has 0 spiro atoms. The van der Waals surface area contributed by atoms with E-state index in [0.717, 1.165) is 10.9 Å². The molecule has 78 valence electrons. The quantitative estimate of drug-likeness (QED) is 0.834. The van der Waals surface area contributed by atoms with Crippen LogP contribution in [0.25, 0.3) is 10.4 Å². The number of nitrogens with two attached hydrogens (primary N) is 1. The van der Waals surface area contributed by atoms with Crippen LogP contribution in [0, 0.1) is 11.6 Å². The normalized spacial score (nSPS) is 10.6. The van der Waals surface area contributed by atoms with E-state index in [1.165, 1.54) is 17.4 Å². The molecule has 0 saturated carbocycles. The topological polar surface area (TPSA) is 26.0 Å². The number of halogens is 2. The van der Waals surface area contributed by atoms with Gasteiger partial charge in [-0.3, -0.25) is 0 Å². The molecule has 1 aromatic heterocycles. The lowest BCUT2D eigenvalue weighted by atomic mass is 10.2. The lowest BCUT2D eigenvalue weighted by Crippen LogP contribution is -1.91. The molecule has 0 atom stereocenters. The van der Waals surface area contributed by atoms with Crippen molar-refractivity contribution in [1.82, 2.24) is 0 Å². The first-order valence-electron chi connectivity index (χ1n) is 4.45. The van der Waals surface area contributed by atoms with Gasteiger partial charge in [0.25, 0.3) is 0 Å². The zero-order valence-corrected chi connectivity index (χ0v) is 8.65. The molecule has 1 aromatic carbocycles. The minimum atomic E-state index is -0.824. The Morgan fingerprint density at radius 1 is 1.13 bits per heavy atom. The highest BCUT2D eigenvalue weighted by atomic mass is 32.1. The molecule has 4 heteroatoms. The van der Waals surface area contributed by atoms with Gasteiger partial charge >= 0.3 is 0 Å². The molecule has 1 nitrogen and oxygen atoms in total. The molecule has 0 unspecified atom stereocenters. The van der Waals surface area contributed by atoms with Crippen LogP contribution in [0.4, 0.5) is 8.78 Å². The molecule has 2 N–H and O–H groups in total. The first-order valence-corrected chi connectivity index (χ1v) is 5.27. The summed E-state index contributed by atoms with van der Waals surface area (Å²) in [5.74, 6) is -1.63. The fourth-order valence-electron chi connectivity index (χ4n) is 1.33. The molecule has 0 aliphatic carbocycles. The Morgan fingerprint density at radius 3 is 2.60 bits per heavy atom. The highest BCUT2D eigenvalue weighted by Crippen LogP contribution is 2.30. The lowest BCUT2D eigenvalue weighted by molar-refractivity contribution is 0.511. The summed E-state index contributed by atoms with van der Waals surface area (Å²) in [4.78, 5) is 1.65. The van der Waals surface area contributed by atoms with Gasteiger partial charge in [-0.05, 0) is 18.2 Å². The first-order chi connectivity index (χ1) is 7.22. The predicted molar refractivity (Wildman–Crippen MR) is 57.6 cm³/mol. The van der Waals surface area contributed by atoms with Gasteiger partial charge in [-0.25, -0.2) is 8.78 Å². The Labute approximate surface area is 90.2 Å².